The van der Waals surface area contributed by atoms with Crippen LogP contribution in [0.3, 0.4) is 0 Å². The van der Waals surface area contributed by atoms with Gasteiger partial charge in [-0.05, 0) is 47.0 Å². The molecule has 0 spiro atoms. The van der Waals surface area contributed by atoms with Gasteiger partial charge in [-0.25, -0.2) is 0 Å². The quantitative estimate of drug-likeness (QED) is 0.669. The highest BCUT2D eigenvalue weighted by Gasteiger charge is 2.19. The van der Waals surface area contributed by atoms with Crippen LogP contribution < -0.4 is 4.90 Å². The molecule has 0 N–H and O–H groups in total. The number of hydrogen-bond acceptors (Lipinski definition) is 3. The number of furan rings is 1. The third kappa shape index (κ3) is 3.15. The highest BCUT2D eigenvalue weighted by atomic mass is 79.9. The largest absolute Gasteiger partial charge is 0.438 e. The maximum absolute atomic E-state index is 5.87. The van der Waals surface area contributed by atoms with Crippen LogP contribution in [0.25, 0.3) is 0 Å². The van der Waals surface area contributed by atoms with Gasteiger partial charge < -0.3 is 9.32 Å². The topological polar surface area (TPSA) is 28.7 Å². The van der Waals surface area contributed by atoms with Crippen molar-refractivity contribution in [1.82, 2.24) is 0 Å². The molecule has 1 aliphatic rings. The summed E-state index contributed by atoms with van der Waals surface area (Å²) >= 11 is 7.00. The van der Waals surface area contributed by atoms with Crippen LogP contribution in [0.5, 0.6) is 0 Å². The van der Waals surface area contributed by atoms with Gasteiger partial charge in [-0.3, -0.25) is 4.99 Å². The van der Waals surface area contributed by atoms with E-state index < -0.39 is 0 Å². The minimum Gasteiger partial charge on any atom is -0.438 e. The van der Waals surface area contributed by atoms with Crippen LogP contribution in [-0.4, -0.2) is 19.3 Å². The highest BCUT2D eigenvalue weighted by Crippen LogP contribution is 2.32. The lowest BCUT2D eigenvalue weighted by molar-refractivity contribution is 0.549. The van der Waals surface area contributed by atoms with Gasteiger partial charge in [0, 0.05) is 23.6 Å². The summed E-state index contributed by atoms with van der Waals surface area (Å²) in [5.41, 5.74) is 0.898. The molecule has 5 heteroatoms. The van der Waals surface area contributed by atoms with Gasteiger partial charge in [0.15, 0.2) is 0 Å². The van der Waals surface area contributed by atoms with Crippen LogP contribution in [-0.2, 0) is 0 Å². The van der Waals surface area contributed by atoms with E-state index in [0.717, 1.165) is 39.4 Å². The third-order valence-electron chi connectivity index (χ3n) is 3.23. The predicted octanol–water partition coefficient (Wildman–Crippen LogP) is 5.16. The van der Waals surface area contributed by atoms with Gasteiger partial charge in [-0.15, -0.1) is 0 Å². The molecule has 0 bridgehead atoms. The molecule has 0 aliphatic carbocycles. The van der Waals surface area contributed by atoms with E-state index in [2.05, 4.69) is 41.8 Å². The molecule has 1 fully saturated rings. The fraction of sp³-hybridized carbons (Fsp3) is 0.267. The summed E-state index contributed by atoms with van der Waals surface area (Å²) in [6, 6.07) is 9.84. The van der Waals surface area contributed by atoms with E-state index in [9.17, 15) is 0 Å². The van der Waals surface area contributed by atoms with Gasteiger partial charge in [-0.2, -0.15) is 0 Å². The van der Waals surface area contributed by atoms with Gasteiger partial charge in [-0.1, -0.05) is 22.0 Å². The van der Waals surface area contributed by atoms with Gasteiger partial charge >= 0.3 is 0 Å². The molecule has 20 heavy (non-hydrogen) atoms. The number of benzene rings is 1. The van der Waals surface area contributed by atoms with Crippen LogP contribution in [0.15, 0.2) is 48.7 Å². The molecule has 3 rings (SSSR count). The second-order valence-electron chi connectivity index (χ2n) is 4.73. The second-order valence-corrected chi connectivity index (χ2v) is 6.50. The molecule has 1 aliphatic heterocycles. The normalized spacial score (nSPS) is 15.4. The molecular weight excluding hydrogens is 384 g/mol. The number of aliphatic imine (C=N–C) groups is 1. The Hall–Kier alpha value is -1.07. The average Bonchev–Trinajstić information content (AvgIpc) is 3.05. The first-order chi connectivity index (χ1) is 9.72. The molecule has 3 nitrogen and oxygen atoms in total. The summed E-state index contributed by atoms with van der Waals surface area (Å²) in [6.07, 6.45) is 4.22. The Labute approximate surface area is 134 Å². The Bertz CT molecular complexity index is 631. The molecule has 2 heterocycles. The molecule has 1 aromatic carbocycles. The number of halogens is 2. The van der Waals surface area contributed by atoms with E-state index in [-0.39, 0.29) is 0 Å². The summed E-state index contributed by atoms with van der Waals surface area (Å²) in [4.78, 5) is 6.69. The Morgan fingerprint density at radius 2 is 1.95 bits per heavy atom. The van der Waals surface area contributed by atoms with Crippen molar-refractivity contribution >= 4 is 49.6 Å². The summed E-state index contributed by atoms with van der Waals surface area (Å²) in [7, 11) is 0. The zero-order valence-corrected chi connectivity index (χ0v) is 14.0. The fourth-order valence-electron chi connectivity index (χ4n) is 2.27. The van der Waals surface area contributed by atoms with Gasteiger partial charge in [0.25, 0.3) is 0 Å². The van der Waals surface area contributed by atoms with Crippen LogP contribution in [0.1, 0.15) is 18.6 Å². The number of rotatable bonds is 3. The van der Waals surface area contributed by atoms with Gasteiger partial charge in [0.2, 0.25) is 5.88 Å². The van der Waals surface area contributed by atoms with E-state index in [1.807, 2.05) is 30.3 Å². The maximum Gasteiger partial charge on any atom is 0.210 e. The van der Waals surface area contributed by atoms with Crippen molar-refractivity contribution < 1.29 is 4.42 Å². The number of nitrogens with zero attached hydrogens (tertiary/aromatic N) is 2. The van der Waals surface area contributed by atoms with E-state index >= 15 is 0 Å². The maximum atomic E-state index is 5.87. The molecule has 0 radical (unpaired) electrons. The molecule has 0 amide bonds. The van der Waals surface area contributed by atoms with Crippen LogP contribution in [0, 0.1) is 0 Å². The molecule has 0 saturated carbocycles. The molecule has 0 atom stereocenters. The molecular formula is C15H14Br2N2O. The lowest BCUT2D eigenvalue weighted by Gasteiger charge is -2.13. The minimum atomic E-state index is 0.763. The van der Waals surface area contributed by atoms with Crippen molar-refractivity contribution in [2.75, 3.05) is 18.0 Å². The summed E-state index contributed by atoms with van der Waals surface area (Å²) in [5, 5.41) is 0. The van der Waals surface area contributed by atoms with Crippen molar-refractivity contribution in [2.45, 2.75) is 12.8 Å². The summed E-state index contributed by atoms with van der Waals surface area (Å²) < 4.78 is 7.88. The first-order valence-electron chi connectivity index (χ1n) is 6.56. The molecule has 0 unspecified atom stereocenters. The lowest BCUT2D eigenvalue weighted by atomic mass is 10.3. The van der Waals surface area contributed by atoms with E-state index in [1.165, 1.54) is 12.8 Å². The first kappa shape index (κ1) is 13.9. The number of anilines is 1. The van der Waals surface area contributed by atoms with Crippen molar-refractivity contribution in [3.63, 3.8) is 0 Å². The van der Waals surface area contributed by atoms with E-state index in [4.69, 9.17) is 4.42 Å². The Kier molecular flexibility index (Phi) is 4.27. The lowest BCUT2D eigenvalue weighted by Crippen LogP contribution is -2.17. The zero-order chi connectivity index (χ0) is 13.9. The summed E-state index contributed by atoms with van der Waals surface area (Å²) in [6.45, 7) is 2.13. The summed E-state index contributed by atoms with van der Waals surface area (Å²) in [5.74, 6) is 1.68. The van der Waals surface area contributed by atoms with Crippen LogP contribution >= 0.6 is 31.9 Å². The monoisotopic (exact) mass is 396 g/mol. The zero-order valence-electron chi connectivity index (χ0n) is 10.9. The van der Waals surface area contributed by atoms with E-state index in [1.54, 1.807) is 6.21 Å². The van der Waals surface area contributed by atoms with Crippen LogP contribution in [0.2, 0.25) is 0 Å². The smallest absolute Gasteiger partial charge is 0.210 e. The molecule has 1 aromatic heterocycles. The first-order valence-corrected chi connectivity index (χ1v) is 8.15. The van der Waals surface area contributed by atoms with Crippen LogP contribution in [0.4, 0.5) is 11.6 Å². The molecule has 2 aromatic rings. The molecule has 104 valence electrons. The second kappa shape index (κ2) is 6.14. The van der Waals surface area contributed by atoms with Crippen molar-refractivity contribution in [3.05, 3.63) is 45.0 Å². The van der Waals surface area contributed by atoms with E-state index in [0.29, 0.717) is 0 Å². The van der Waals surface area contributed by atoms with Crippen molar-refractivity contribution in [3.8, 4) is 0 Å². The van der Waals surface area contributed by atoms with Crippen molar-refractivity contribution in [1.29, 1.82) is 0 Å². The average molecular weight is 398 g/mol. The van der Waals surface area contributed by atoms with Gasteiger partial charge in [0.1, 0.15) is 5.76 Å². The third-order valence-corrected chi connectivity index (χ3v) is 4.29. The SMILES string of the molecule is Brc1cccc(N=Cc2cc(Br)c(N3CCCC3)o2)c1. The highest BCUT2D eigenvalue weighted by molar-refractivity contribution is 9.10. The molecule has 1 saturated heterocycles. The Balaban J connectivity index is 1.79. The predicted molar refractivity (Wildman–Crippen MR) is 89.3 cm³/mol. The standard InChI is InChI=1S/C15H14Br2N2O/c16-11-4-3-5-12(8-11)18-10-13-9-14(17)15(20-13)19-6-1-2-7-19/h3-5,8-10H,1-2,6-7H2. The Morgan fingerprint density at radius 3 is 2.70 bits per heavy atom. The Morgan fingerprint density at radius 1 is 1.15 bits per heavy atom. The van der Waals surface area contributed by atoms with Gasteiger partial charge in [0.05, 0.1) is 16.4 Å². The number of hydrogen-bond donors (Lipinski definition) is 0. The minimum absolute atomic E-state index is 0.763. The van der Waals surface area contributed by atoms with Crippen molar-refractivity contribution in [2.24, 2.45) is 4.99 Å². The fourth-order valence-corrected chi connectivity index (χ4v) is 3.21.